The topological polar surface area (TPSA) is 52.6 Å². The third kappa shape index (κ3) is 4.25. The minimum absolute atomic E-state index is 0.0787. The molecule has 1 aromatic carbocycles. The highest BCUT2D eigenvalue weighted by Gasteiger charge is 2.23. The molecule has 0 spiro atoms. The number of piperidine rings is 1. The van der Waals surface area contributed by atoms with E-state index in [9.17, 15) is 4.79 Å². The summed E-state index contributed by atoms with van der Waals surface area (Å²) >= 11 is 11.9. The van der Waals surface area contributed by atoms with Crippen LogP contribution < -0.4 is 5.32 Å². The summed E-state index contributed by atoms with van der Waals surface area (Å²) < 4.78 is 0. The molecular weight excluding hydrogens is 311 g/mol. The van der Waals surface area contributed by atoms with Crippen molar-refractivity contribution in [2.75, 3.05) is 19.7 Å². The third-order valence-electron chi connectivity index (χ3n) is 3.94. The van der Waals surface area contributed by atoms with Crippen LogP contribution >= 0.6 is 23.2 Å². The molecule has 0 aromatic heterocycles. The summed E-state index contributed by atoms with van der Waals surface area (Å²) in [6, 6.07) is 5.14. The highest BCUT2D eigenvalue weighted by molar-refractivity contribution is 6.42. The molecule has 2 rings (SSSR count). The van der Waals surface area contributed by atoms with Crippen LogP contribution in [0.3, 0.4) is 0 Å². The zero-order chi connectivity index (χ0) is 15.4. The molecule has 116 valence electrons. The summed E-state index contributed by atoms with van der Waals surface area (Å²) in [5.41, 5.74) is 0.919. The Balaban J connectivity index is 1.91. The molecule has 0 aliphatic carbocycles. The van der Waals surface area contributed by atoms with Crippen LogP contribution in [0.15, 0.2) is 18.2 Å². The van der Waals surface area contributed by atoms with Crippen LogP contribution in [-0.4, -0.2) is 35.7 Å². The number of urea groups is 1. The first-order chi connectivity index (χ1) is 10.0. The van der Waals surface area contributed by atoms with E-state index >= 15 is 0 Å². The van der Waals surface area contributed by atoms with Crippen molar-refractivity contribution in [1.29, 1.82) is 0 Å². The number of hydrogen-bond acceptors (Lipinski definition) is 2. The van der Waals surface area contributed by atoms with Gasteiger partial charge in [0.1, 0.15) is 0 Å². The normalized spacial score (nSPS) is 17.6. The van der Waals surface area contributed by atoms with Crippen molar-refractivity contribution >= 4 is 29.2 Å². The number of aliphatic hydroxyl groups is 1. The van der Waals surface area contributed by atoms with E-state index in [2.05, 4.69) is 5.32 Å². The summed E-state index contributed by atoms with van der Waals surface area (Å²) in [5, 5.41) is 13.1. The fourth-order valence-electron chi connectivity index (χ4n) is 2.46. The average Bonchev–Trinajstić information content (AvgIpc) is 2.50. The number of rotatable bonds is 3. The largest absolute Gasteiger partial charge is 0.396 e. The second kappa shape index (κ2) is 7.34. The van der Waals surface area contributed by atoms with E-state index in [1.54, 1.807) is 17.0 Å². The number of nitrogens with zero attached hydrogens (tertiary/aromatic N) is 1. The van der Waals surface area contributed by atoms with Gasteiger partial charge in [-0.05, 0) is 43.4 Å². The monoisotopic (exact) mass is 330 g/mol. The first-order valence-electron chi connectivity index (χ1n) is 7.12. The standard InChI is InChI=1S/C15H20Cl2N2O2/c1-10(12-2-3-13(16)14(17)8-12)18-15(21)19-6-4-11(9-20)5-7-19/h2-3,8,10-11,20H,4-7,9H2,1H3,(H,18,21). The molecule has 21 heavy (non-hydrogen) atoms. The van der Waals surface area contributed by atoms with Gasteiger partial charge in [0.05, 0.1) is 16.1 Å². The summed E-state index contributed by atoms with van der Waals surface area (Å²) in [6.07, 6.45) is 1.70. The lowest BCUT2D eigenvalue weighted by Gasteiger charge is -2.32. The second-order valence-electron chi connectivity index (χ2n) is 5.46. The van der Waals surface area contributed by atoms with E-state index in [1.807, 2.05) is 13.0 Å². The van der Waals surface area contributed by atoms with Gasteiger partial charge in [0, 0.05) is 19.7 Å². The fraction of sp³-hybridized carbons (Fsp3) is 0.533. The van der Waals surface area contributed by atoms with Crippen molar-refractivity contribution < 1.29 is 9.90 Å². The van der Waals surface area contributed by atoms with Crippen LogP contribution in [0.25, 0.3) is 0 Å². The molecule has 0 radical (unpaired) electrons. The lowest BCUT2D eigenvalue weighted by Crippen LogP contribution is -2.45. The molecule has 1 aliphatic heterocycles. The van der Waals surface area contributed by atoms with Crippen LogP contribution in [0.1, 0.15) is 31.4 Å². The molecule has 4 nitrogen and oxygen atoms in total. The quantitative estimate of drug-likeness (QED) is 0.891. The summed E-state index contributed by atoms with van der Waals surface area (Å²) in [6.45, 7) is 3.49. The minimum Gasteiger partial charge on any atom is -0.396 e. The Morgan fingerprint density at radius 1 is 1.38 bits per heavy atom. The van der Waals surface area contributed by atoms with E-state index in [1.165, 1.54) is 0 Å². The van der Waals surface area contributed by atoms with Crippen molar-refractivity contribution in [3.05, 3.63) is 33.8 Å². The Morgan fingerprint density at radius 3 is 2.62 bits per heavy atom. The lowest BCUT2D eigenvalue weighted by molar-refractivity contribution is 0.136. The first kappa shape index (κ1) is 16.4. The van der Waals surface area contributed by atoms with Gasteiger partial charge in [0.15, 0.2) is 0 Å². The van der Waals surface area contributed by atoms with Gasteiger partial charge < -0.3 is 15.3 Å². The van der Waals surface area contributed by atoms with Crippen molar-refractivity contribution in [3.63, 3.8) is 0 Å². The fourth-order valence-corrected chi connectivity index (χ4v) is 2.77. The molecular formula is C15H20Cl2N2O2. The third-order valence-corrected chi connectivity index (χ3v) is 4.68. The first-order valence-corrected chi connectivity index (χ1v) is 7.88. The molecule has 1 saturated heterocycles. The minimum atomic E-state index is -0.136. The van der Waals surface area contributed by atoms with Crippen LogP contribution in [0.2, 0.25) is 10.0 Å². The number of hydrogen-bond donors (Lipinski definition) is 2. The van der Waals surface area contributed by atoms with Gasteiger partial charge in [-0.15, -0.1) is 0 Å². The van der Waals surface area contributed by atoms with Gasteiger partial charge in [0.25, 0.3) is 0 Å². The van der Waals surface area contributed by atoms with Gasteiger partial charge in [-0.1, -0.05) is 29.3 Å². The van der Waals surface area contributed by atoms with E-state index in [4.69, 9.17) is 28.3 Å². The number of carbonyl (C=O) groups is 1. The van der Waals surface area contributed by atoms with Crippen LogP contribution in [0.4, 0.5) is 4.79 Å². The Kier molecular flexibility index (Phi) is 5.73. The molecule has 2 amide bonds. The smallest absolute Gasteiger partial charge is 0.317 e. The van der Waals surface area contributed by atoms with Gasteiger partial charge in [0.2, 0.25) is 0 Å². The molecule has 2 N–H and O–H groups in total. The SMILES string of the molecule is CC(NC(=O)N1CCC(CO)CC1)c1ccc(Cl)c(Cl)c1. The van der Waals surface area contributed by atoms with Gasteiger partial charge in [-0.2, -0.15) is 0 Å². The number of carbonyl (C=O) groups excluding carboxylic acids is 1. The number of nitrogens with one attached hydrogen (secondary N) is 1. The van der Waals surface area contributed by atoms with E-state index < -0.39 is 0 Å². The summed E-state index contributed by atoms with van der Waals surface area (Å²) in [4.78, 5) is 14.0. The second-order valence-corrected chi connectivity index (χ2v) is 6.27. The Labute approximate surface area is 135 Å². The molecule has 0 saturated carbocycles. The molecule has 1 heterocycles. The zero-order valence-corrected chi connectivity index (χ0v) is 13.5. The maximum atomic E-state index is 12.2. The maximum absolute atomic E-state index is 12.2. The number of benzene rings is 1. The molecule has 1 unspecified atom stereocenters. The number of likely N-dealkylation sites (tertiary alicyclic amines) is 1. The lowest BCUT2D eigenvalue weighted by atomic mass is 9.98. The van der Waals surface area contributed by atoms with E-state index in [0.29, 0.717) is 29.1 Å². The number of amides is 2. The number of aliphatic hydroxyl groups excluding tert-OH is 1. The predicted octanol–water partition coefficient (Wildman–Crippen LogP) is 3.47. The van der Waals surface area contributed by atoms with Crippen molar-refractivity contribution in [3.8, 4) is 0 Å². The Hall–Kier alpha value is -0.970. The summed E-state index contributed by atoms with van der Waals surface area (Å²) in [7, 11) is 0. The van der Waals surface area contributed by atoms with Crippen LogP contribution in [0.5, 0.6) is 0 Å². The molecule has 6 heteroatoms. The molecule has 1 aliphatic rings. The van der Waals surface area contributed by atoms with Crippen LogP contribution in [0, 0.1) is 5.92 Å². The Morgan fingerprint density at radius 2 is 2.05 bits per heavy atom. The molecule has 0 bridgehead atoms. The van der Waals surface area contributed by atoms with Crippen molar-refractivity contribution in [2.24, 2.45) is 5.92 Å². The van der Waals surface area contributed by atoms with E-state index in [0.717, 1.165) is 18.4 Å². The predicted molar refractivity (Wildman–Crippen MR) is 84.8 cm³/mol. The van der Waals surface area contributed by atoms with Gasteiger partial charge in [-0.3, -0.25) is 0 Å². The highest BCUT2D eigenvalue weighted by atomic mass is 35.5. The van der Waals surface area contributed by atoms with Crippen LogP contribution in [-0.2, 0) is 0 Å². The van der Waals surface area contributed by atoms with Crippen molar-refractivity contribution in [2.45, 2.75) is 25.8 Å². The van der Waals surface area contributed by atoms with Crippen molar-refractivity contribution in [1.82, 2.24) is 10.2 Å². The van der Waals surface area contributed by atoms with Gasteiger partial charge >= 0.3 is 6.03 Å². The number of halogens is 2. The van der Waals surface area contributed by atoms with Gasteiger partial charge in [-0.25, -0.2) is 4.79 Å². The molecule has 1 fully saturated rings. The zero-order valence-electron chi connectivity index (χ0n) is 12.0. The maximum Gasteiger partial charge on any atom is 0.317 e. The molecule has 1 atom stereocenters. The van der Waals surface area contributed by atoms with E-state index in [-0.39, 0.29) is 18.7 Å². The molecule has 1 aromatic rings. The summed E-state index contributed by atoms with van der Waals surface area (Å²) in [5.74, 6) is 0.321. The Bertz CT molecular complexity index is 502. The highest BCUT2D eigenvalue weighted by Crippen LogP contribution is 2.25. The average molecular weight is 331 g/mol.